The van der Waals surface area contributed by atoms with Crippen LogP contribution in [0.15, 0.2) is 73.4 Å². The van der Waals surface area contributed by atoms with Crippen molar-refractivity contribution in [3.05, 3.63) is 79.3 Å². The molecule has 0 aliphatic carbocycles. The first-order valence-electron chi connectivity index (χ1n) is 10.0. The van der Waals surface area contributed by atoms with Gasteiger partial charge in [-0.1, -0.05) is 12.1 Å². The highest BCUT2D eigenvalue weighted by molar-refractivity contribution is 5.86. The van der Waals surface area contributed by atoms with Crippen LogP contribution in [-0.2, 0) is 4.79 Å². The van der Waals surface area contributed by atoms with Crippen molar-refractivity contribution in [3.8, 4) is 11.4 Å². The SMILES string of the molecule is Cc1ncn(-c2ccc(Nc3ncc4cccc(-n5cccn5)c4n3)cc2)n1.O=C(O)C(F)(F)F. The third kappa shape index (κ3) is 5.58. The lowest BCUT2D eigenvalue weighted by Crippen LogP contribution is -2.21. The van der Waals surface area contributed by atoms with Gasteiger partial charge < -0.3 is 10.4 Å². The molecule has 0 aliphatic rings. The molecule has 0 spiro atoms. The number of alkyl halides is 3. The first-order valence-corrected chi connectivity index (χ1v) is 10.0. The third-order valence-electron chi connectivity index (χ3n) is 4.58. The molecule has 0 saturated heterocycles. The lowest BCUT2D eigenvalue weighted by Gasteiger charge is -2.09. The molecule has 2 N–H and O–H groups in total. The maximum atomic E-state index is 10.6. The summed E-state index contributed by atoms with van der Waals surface area (Å²) in [6, 6.07) is 15.7. The number of benzene rings is 2. The highest BCUT2D eigenvalue weighted by Gasteiger charge is 2.38. The van der Waals surface area contributed by atoms with Gasteiger partial charge in [0.15, 0.2) is 0 Å². The Balaban J connectivity index is 0.000000364. The lowest BCUT2D eigenvalue weighted by atomic mass is 10.2. The van der Waals surface area contributed by atoms with E-state index in [0.29, 0.717) is 5.95 Å². The predicted octanol–water partition coefficient (Wildman–Crippen LogP) is 4.08. The number of halogens is 3. The van der Waals surface area contributed by atoms with Crippen LogP contribution in [0.4, 0.5) is 24.8 Å². The van der Waals surface area contributed by atoms with Gasteiger partial charge >= 0.3 is 12.1 Å². The fraction of sp³-hybridized carbons (Fsp3) is 0.0909. The summed E-state index contributed by atoms with van der Waals surface area (Å²) in [5, 5.41) is 20.0. The molecule has 0 aliphatic heterocycles. The molecule has 0 atom stereocenters. The Kier molecular flexibility index (Phi) is 6.40. The number of carbonyl (C=O) groups is 1. The zero-order chi connectivity index (χ0) is 25.0. The Labute approximate surface area is 195 Å². The van der Waals surface area contributed by atoms with Crippen LogP contribution in [0.5, 0.6) is 0 Å². The molecule has 0 fully saturated rings. The number of aryl methyl sites for hydroxylation is 1. The molecular weight excluding hydrogens is 465 g/mol. The normalized spacial score (nSPS) is 11.1. The standard InChI is InChI=1S/C20H16N8.C2HF3O2/c1-14-22-13-28(26-14)17-8-6-16(7-9-17)24-20-21-12-15-4-2-5-18(19(15)25-20)27-11-3-10-23-27;3-2(4,5)1(6)7/h2-13H,1H3,(H,21,24,25);(H,6,7). The van der Waals surface area contributed by atoms with Crippen LogP contribution in [0, 0.1) is 6.92 Å². The summed E-state index contributed by atoms with van der Waals surface area (Å²) in [6.07, 6.45) is 2.07. The second-order valence-corrected chi connectivity index (χ2v) is 7.07. The highest BCUT2D eigenvalue weighted by Crippen LogP contribution is 2.22. The van der Waals surface area contributed by atoms with E-state index in [4.69, 9.17) is 14.9 Å². The number of aromatic nitrogens is 7. The summed E-state index contributed by atoms with van der Waals surface area (Å²) < 4.78 is 35.3. The van der Waals surface area contributed by atoms with E-state index in [1.54, 1.807) is 21.9 Å². The van der Waals surface area contributed by atoms with Crippen LogP contribution in [0.2, 0.25) is 0 Å². The number of fused-ring (bicyclic) bond motifs is 1. The Hall–Kier alpha value is -4.81. The number of nitrogens with zero attached hydrogens (tertiary/aromatic N) is 7. The molecule has 178 valence electrons. The van der Waals surface area contributed by atoms with Gasteiger partial charge in [0.25, 0.3) is 0 Å². The molecule has 0 saturated carbocycles. The Morgan fingerprint density at radius 3 is 2.37 bits per heavy atom. The predicted molar refractivity (Wildman–Crippen MR) is 120 cm³/mol. The molecule has 2 aromatic carbocycles. The second-order valence-electron chi connectivity index (χ2n) is 7.07. The van der Waals surface area contributed by atoms with E-state index in [1.807, 2.05) is 67.8 Å². The van der Waals surface area contributed by atoms with E-state index in [9.17, 15) is 13.2 Å². The van der Waals surface area contributed by atoms with Crippen LogP contribution in [0.1, 0.15) is 5.82 Å². The van der Waals surface area contributed by atoms with Crippen LogP contribution in [0.3, 0.4) is 0 Å². The van der Waals surface area contributed by atoms with Crippen molar-refractivity contribution in [2.75, 3.05) is 5.32 Å². The van der Waals surface area contributed by atoms with Gasteiger partial charge in [-0.2, -0.15) is 23.4 Å². The Morgan fingerprint density at radius 1 is 1.03 bits per heavy atom. The van der Waals surface area contributed by atoms with E-state index in [1.165, 1.54) is 0 Å². The van der Waals surface area contributed by atoms with Gasteiger partial charge in [0.1, 0.15) is 17.7 Å². The van der Waals surface area contributed by atoms with Gasteiger partial charge in [-0.25, -0.2) is 29.1 Å². The number of anilines is 2. The molecule has 35 heavy (non-hydrogen) atoms. The average molecular weight is 482 g/mol. The van der Waals surface area contributed by atoms with Crippen molar-refractivity contribution < 1.29 is 23.1 Å². The zero-order valence-electron chi connectivity index (χ0n) is 18.0. The first-order chi connectivity index (χ1) is 16.7. The molecule has 0 amide bonds. The Bertz CT molecular complexity index is 1450. The van der Waals surface area contributed by atoms with E-state index >= 15 is 0 Å². The molecule has 3 aromatic heterocycles. The fourth-order valence-electron chi connectivity index (χ4n) is 2.99. The van der Waals surface area contributed by atoms with E-state index < -0.39 is 12.1 Å². The van der Waals surface area contributed by atoms with E-state index in [0.717, 1.165) is 33.8 Å². The molecule has 5 rings (SSSR count). The smallest absolute Gasteiger partial charge is 0.475 e. The summed E-state index contributed by atoms with van der Waals surface area (Å²) in [7, 11) is 0. The number of para-hydroxylation sites is 1. The van der Waals surface area contributed by atoms with E-state index in [-0.39, 0.29) is 0 Å². The molecule has 0 radical (unpaired) electrons. The van der Waals surface area contributed by atoms with Gasteiger partial charge in [0, 0.05) is 29.7 Å². The first kappa shape index (κ1) is 23.4. The molecule has 0 bridgehead atoms. The fourth-order valence-corrected chi connectivity index (χ4v) is 2.99. The van der Waals surface area contributed by atoms with E-state index in [2.05, 4.69) is 25.5 Å². The number of carboxylic acids is 1. The topological polar surface area (TPSA) is 124 Å². The summed E-state index contributed by atoms with van der Waals surface area (Å²) in [5.74, 6) is -1.50. The van der Waals surface area contributed by atoms with Gasteiger partial charge in [-0.3, -0.25) is 0 Å². The van der Waals surface area contributed by atoms with Gasteiger partial charge in [0.05, 0.1) is 11.4 Å². The number of hydrogen-bond acceptors (Lipinski definition) is 7. The molecular formula is C22H17F3N8O2. The number of carboxylic acid groups (broad SMARTS) is 1. The maximum Gasteiger partial charge on any atom is 0.490 e. The quantitative estimate of drug-likeness (QED) is 0.393. The average Bonchev–Trinajstić information content (AvgIpc) is 3.51. The summed E-state index contributed by atoms with van der Waals surface area (Å²) >= 11 is 0. The Morgan fingerprint density at radius 2 is 1.77 bits per heavy atom. The molecule has 3 heterocycles. The number of aliphatic carboxylic acids is 1. The monoisotopic (exact) mass is 482 g/mol. The van der Waals surface area contributed by atoms with Crippen molar-refractivity contribution in [1.82, 2.24) is 34.5 Å². The van der Waals surface area contributed by atoms with Gasteiger partial charge in [0.2, 0.25) is 5.95 Å². The third-order valence-corrected chi connectivity index (χ3v) is 4.58. The van der Waals surface area contributed by atoms with Crippen molar-refractivity contribution in [2.24, 2.45) is 0 Å². The minimum absolute atomic E-state index is 0.524. The number of rotatable bonds is 4. The maximum absolute atomic E-state index is 10.6. The number of hydrogen-bond donors (Lipinski definition) is 2. The lowest BCUT2D eigenvalue weighted by molar-refractivity contribution is -0.192. The summed E-state index contributed by atoms with van der Waals surface area (Å²) in [5.41, 5.74) is 3.56. The second kappa shape index (κ2) is 9.59. The van der Waals surface area contributed by atoms with Crippen molar-refractivity contribution in [2.45, 2.75) is 13.1 Å². The van der Waals surface area contributed by atoms with Crippen LogP contribution in [-0.4, -0.2) is 51.8 Å². The molecule has 0 unspecified atom stereocenters. The molecule has 10 nitrogen and oxygen atoms in total. The molecule has 5 aromatic rings. The van der Waals surface area contributed by atoms with Gasteiger partial charge in [-0.05, 0) is 43.3 Å². The van der Waals surface area contributed by atoms with Crippen LogP contribution in [0.25, 0.3) is 22.3 Å². The van der Waals surface area contributed by atoms with Crippen molar-refractivity contribution in [3.63, 3.8) is 0 Å². The summed E-state index contributed by atoms with van der Waals surface area (Å²) in [4.78, 5) is 22.2. The summed E-state index contributed by atoms with van der Waals surface area (Å²) in [6.45, 7) is 1.86. The number of nitrogens with one attached hydrogen (secondary N) is 1. The van der Waals surface area contributed by atoms with Crippen molar-refractivity contribution >= 4 is 28.5 Å². The molecule has 13 heteroatoms. The van der Waals surface area contributed by atoms with Crippen LogP contribution < -0.4 is 5.32 Å². The van der Waals surface area contributed by atoms with Crippen LogP contribution >= 0.6 is 0 Å². The largest absolute Gasteiger partial charge is 0.490 e. The minimum atomic E-state index is -5.08. The highest BCUT2D eigenvalue weighted by atomic mass is 19.4. The van der Waals surface area contributed by atoms with Crippen molar-refractivity contribution in [1.29, 1.82) is 0 Å². The minimum Gasteiger partial charge on any atom is -0.475 e. The zero-order valence-corrected chi connectivity index (χ0v) is 18.0. The van der Waals surface area contributed by atoms with Gasteiger partial charge in [-0.15, -0.1) is 0 Å².